The number of amides is 1. The summed E-state index contributed by atoms with van der Waals surface area (Å²) < 4.78 is 23.5. The van der Waals surface area contributed by atoms with Crippen LogP contribution in [0.3, 0.4) is 0 Å². The number of carbonyl (C=O) groups excluding carboxylic acids is 1. The first-order chi connectivity index (χ1) is 28.0. The Morgan fingerprint density at radius 2 is 0.983 bits per heavy atom. The Hall–Kier alpha value is -1.28. The zero-order valence-corrected chi connectivity index (χ0v) is 39.7. The van der Waals surface area contributed by atoms with E-state index >= 15 is 0 Å². The van der Waals surface area contributed by atoms with Crippen LogP contribution in [-0.2, 0) is 18.4 Å². The van der Waals surface area contributed by atoms with E-state index < -0.39 is 20.0 Å². The Bertz CT molecular complexity index is 1040. The number of carbonyl (C=O) groups is 1. The van der Waals surface area contributed by atoms with Crippen LogP contribution in [0.4, 0.5) is 0 Å². The molecule has 0 aliphatic rings. The molecule has 8 nitrogen and oxygen atoms in total. The molecule has 3 atom stereocenters. The van der Waals surface area contributed by atoms with E-state index in [-0.39, 0.29) is 19.1 Å². The lowest BCUT2D eigenvalue weighted by Gasteiger charge is -2.25. The van der Waals surface area contributed by atoms with Gasteiger partial charge in [-0.15, -0.1) is 0 Å². The molecule has 0 aliphatic carbocycles. The predicted molar refractivity (Wildman–Crippen MR) is 249 cm³/mol. The maximum absolute atomic E-state index is 12.8. The number of nitrogens with zero attached hydrogens (tertiary/aromatic N) is 1. The maximum Gasteiger partial charge on any atom is 0.472 e. The molecule has 0 heterocycles. The topological polar surface area (TPSA) is 105 Å². The summed E-state index contributed by atoms with van der Waals surface area (Å²) in [5, 5.41) is 13.7. The van der Waals surface area contributed by atoms with E-state index in [4.69, 9.17) is 9.05 Å². The number of unbranched alkanes of at least 4 members (excludes halogenated alkanes) is 27. The summed E-state index contributed by atoms with van der Waals surface area (Å²) in [4.78, 5) is 23.0. The van der Waals surface area contributed by atoms with Crippen LogP contribution in [0.5, 0.6) is 0 Å². The first-order valence-corrected chi connectivity index (χ1v) is 25.9. The molecule has 0 aliphatic heterocycles. The molecule has 0 bridgehead atoms. The molecular weight excluding hydrogens is 744 g/mol. The van der Waals surface area contributed by atoms with Crippen LogP contribution in [0.1, 0.15) is 219 Å². The van der Waals surface area contributed by atoms with E-state index in [9.17, 15) is 19.4 Å². The lowest BCUT2D eigenvalue weighted by Crippen LogP contribution is -2.45. The van der Waals surface area contributed by atoms with E-state index in [1.165, 1.54) is 154 Å². The summed E-state index contributed by atoms with van der Waals surface area (Å²) in [5.41, 5.74) is 0. The number of likely N-dealkylation sites (N-methyl/N-ethyl adjacent to an activating group) is 1. The van der Waals surface area contributed by atoms with Crippen LogP contribution >= 0.6 is 7.82 Å². The second kappa shape index (κ2) is 41.1. The van der Waals surface area contributed by atoms with Gasteiger partial charge in [0, 0.05) is 6.42 Å². The highest BCUT2D eigenvalue weighted by atomic mass is 31.2. The van der Waals surface area contributed by atoms with E-state index in [2.05, 4.69) is 43.5 Å². The van der Waals surface area contributed by atoms with Crippen molar-refractivity contribution in [2.75, 3.05) is 40.9 Å². The van der Waals surface area contributed by atoms with Gasteiger partial charge in [0.15, 0.2) is 0 Å². The fraction of sp³-hybridized carbons (Fsp3) is 0.857. The van der Waals surface area contributed by atoms with Crippen molar-refractivity contribution < 1.29 is 32.9 Å². The highest BCUT2D eigenvalue weighted by Gasteiger charge is 2.27. The Balaban J connectivity index is 3.96. The minimum absolute atomic E-state index is 0.0617. The monoisotopic (exact) mass is 840 g/mol. The molecule has 1 amide bonds. The maximum atomic E-state index is 12.8. The van der Waals surface area contributed by atoms with Crippen molar-refractivity contribution in [3.63, 3.8) is 0 Å². The van der Waals surface area contributed by atoms with Gasteiger partial charge in [-0.3, -0.25) is 13.8 Å². The van der Waals surface area contributed by atoms with Gasteiger partial charge in [-0.25, -0.2) is 4.57 Å². The van der Waals surface area contributed by atoms with Crippen LogP contribution in [0, 0.1) is 0 Å². The van der Waals surface area contributed by atoms with Crippen molar-refractivity contribution in [1.29, 1.82) is 0 Å². The predicted octanol–water partition coefficient (Wildman–Crippen LogP) is 13.9. The lowest BCUT2D eigenvalue weighted by atomic mass is 10.0. The Morgan fingerprint density at radius 3 is 1.41 bits per heavy atom. The smallest absolute Gasteiger partial charge is 0.387 e. The van der Waals surface area contributed by atoms with E-state index in [0.29, 0.717) is 17.4 Å². The first kappa shape index (κ1) is 56.7. The second-order valence-electron chi connectivity index (χ2n) is 17.8. The normalized spacial score (nSPS) is 14.5. The second-order valence-corrected chi connectivity index (χ2v) is 19.3. The standard InChI is InChI=1S/C49H95N2O6P/c1-6-8-10-12-14-15-16-17-18-19-20-21-22-23-24-25-26-27-28-29-30-31-32-33-34-35-37-39-41-43-49(53)50-47(48(52)42-40-38-36-13-11-9-7-2)46-57-58(54,55)56-45-44-51(3,4)5/h16-17,19-20,40,42,47-48,52H,6-15,18,21-39,41,43-46H2,1-5H3,(H-,50,53,54,55)/p+1/b17-16-,20-19-,42-40+. The van der Waals surface area contributed by atoms with E-state index in [1.54, 1.807) is 6.08 Å². The molecule has 9 heteroatoms. The number of hydrogen-bond acceptors (Lipinski definition) is 5. The number of phosphoric acid groups is 1. The summed E-state index contributed by atoms with van der Waals surface area (Å²) in [6, 6.07) is -0.841. The number of quaternary nitrogens is 1. The summed E-state index contributed by atoms with van der Waals surface area (Å²) in [6.07, 6.45) is 51.2. The van der Waals surface area contributed by atoms with Crippen molar-refractivity contribution >= 4 is 13.7 Å². The van der Waals surface area contributed by atoms with Gasteiger partial charge in [0.05, 0.1) is 39.9 Å². The minimum atomic E-state index is -4.33. The molecule has 0 spiro atoms. The quantitative estimate of drug-likeness (QED) is 0.0244. The van der Waals surface area contributed by atoms with Crippen molar-refractivity contribution in [3.8, 4) is 0 Å². The van der Waals surface area contributed by atoms with Crippen LogP contribution in [-0.4, -0.2) is 73.4 Å². The van der Waals surface area contributed by atoms with Crippen molar-refractivity contribution in [3.05, 3.63) is 36.5 Å². The molecule has 58 heavy (non-hydrogen) atoms. The van der Waals surface area contributed by atoms with Gasteiger partial charge in [0.25, 0.3) is 0 Å². The van der Waals surface area contributed by atoms with Crippen molar-refractivity contribution in [2.24, 2.45) is 0 Å². The number of allylic oxidation sites excluding steroid dienone is 5. The van der Waals surface area contributed by atoms with Crippen molar-refractivity contribution in [1.82, 2.24) is 5.32 Å². The molecule has 342 valence electrons. The average molecular weight is 840 g/mol. The zero-order chi connectivity index (χ0) is 42.8. The lowest BCUT2D eigenvalue weighted by molar-refractivity contribution is -0.870. The summed E-state index contributed by atoms with van der Waals surface area (Å²) in [5.74, 6) is -0.180. The van der Waals surface area contributed by atoms with Gasteiger partial charge in [0.1, 0.15) is 13.2 Å². The zero-order valence-electron chi connectivity index (χ0n) is 38.8. The minimum Gasteiger partial charge on any atom is -0.387 e. The SMILES string of the molecule is CCCCCCC/C=C\C/C=C\CCCCCCCCCCCCCCCCCCCC(=O)NC(COP(=O)(O)OCC[N+](C)(C)C)C(O)/C=C/CCCCCCC. The molecule has 0 aromatic rings. The fourth-order valence-corrected chi connectivity index (χ4v) is 7.69. The van der Waals surface area contributed by atoms with Gasteiger partial charge in [-0.2, -0.15) is 0 Å². The molecule has 0 saturated heterocycles. The Morgan fingerprint density at radius 1 is 0.586 bits per heavy atom. The van der Waals surface area contributed by atoms with E-state index in [1.807, 2.05) is 27.2 Å². The van der Waals surface area contributed by atoms with Crippen LogP contribution in [0.15, 0.2) is 36.5 Å². The number of nitrogens with one attached hydrogen (secondary N) is 1. The van der Waals surface area contributed by atoms with Gasteiger partial charge in [-0.05, 0) is 51.4 Å². The molecule has 3 unspecified atom stereocenters. The number of aliphatic hydroxyl groups is 1. The average Bonchev–Trinajstić information content (AvgIpc) is 3.17. The molecular formula is C49H96N2O6P+. The van der Waals surface area contributed by atoms with Gasteiger partial charge >= 0.3 is 7.82 Å². The third-order valence-corrected chi connectivity index (χ3v) is 11.8. The third-order valence-electron chi connectivity index (χ3n) is 10.9. The van der Waals surface area contributed by atoms with Crippen LogP contribution in [0.2, 0.25) is 0 Å². The van der Waals surface area contributed by atoms with Crippen molar-refractivity contribution in [2.45, 2.75) is 231 Å². The Labute approximate surface area is 359 Å². The largest absolute Gasteiger partial charge is 0.472 e. The molecule has 0 aromatic carbocycles. The highest BCUT2D eigenvalue weighted by Crippen LogP contribution is 2.43. The summed E-state index contributed by atoms with van der Waals surface area (Å²) >= 11 is 0. The number of aliphatic hydroxyl groups excluding tert-OH is 1. The molecule has 0 aromatic heterocycles. The molecule has 0 radical (unpaired) electrons. The summed E-state index contributed by atoms with van der Waals surface area (Å²) in [6.45, 7) is 4.75. The van der Waals surface area contributed by atoms with Gasteiger partial charge in [-0.1, -0.05) is 198 Å². The van der Waals surface area contributed by atoms with Crippen LogP contribution < -0.4 is 5.32 Å². The van der Waals surface area contributed by atoms with Gasteiger partial charge in [0.2, 0.25) is 5.91 Å². The van der Waals surface area contributed by atoms with Crippen LogP contribution in [0.25, 0.3) is 0 Å². The number of phosphoric ester groups is 1. The third kappa shape index (κ3) is 42.8. The number of hydrogen-bond donors (Lipinski definition) is 3. The first-order valence-electron chi connectivity index (χ1n) is 24.4. The highest BCUT2D eigenvalue weighted by molar-refractivity contribution is 7.47. The Kier molecular flexibility index (Phi) is 40.2. The molecule has 0 saturated carbocycles. The molecule has 0 rings (SSSR count). The van der Waals surface area contributed by atoms with Gasteiger partial charge < -0.3 is 19.8 Å². The summed E-state index contributed by atoms with van der Waals surface area (Å²) in [7, 11) is 1.57. The number of rotatable bonds is 44. The fourth-order valence-electron chi connectivity index (χ4n) is 6.95. The van der Waals surface area contributed by atoms with E-state index in [0.717, 1.165) is 44.9 Å². The molecule has 3 N–H and O–H groups in total. The molecule has 0 fully saturated rings.